The smallest absolute Gasteiger partial charge is 0.253 e. The summed E-state index contributed by atoms with van der Waals surface area (Å²) in [5, 5.41) is 4.10. The monoisotopic (exact) mass is 467 g/mol. The van der Waals surface area contributed by atoms with E-state index in [9.17, 15) is 9.59 Å². The van der Waals surface area contributed by atoms with E-state index in [-0.39, 0.29) is 18.2 Å². The zero-order valence-electron chi connectivity index (χ0n) is 17.4. The number of carbonyl (C=O) groups excluding carboxylic acids is 2. The Morgan fingerprint density at radius 3 is 2.19 bits per heavy atom. The van der Waals surface area contributed by atoms with Crippen LogP contribution in [0.4, 0.5) is 11.4 Å². The van der Waals surface area contributed by atoms with Crippen molar-refractivity contribution in [2.45, 2.75) is 6.42 Å². The molecule has 3 aromatic carbocycles. The normalized spacial score (nSPS) is 13.7. The molecule has 0 atom stereocenters. The van der Waals surface area contributed by atoms with E-state index < -0.39 is 0 Å². The van der Waals surface area contributed by atoms with Gasteiger partial charge >= 0.3 is 0 Å². The van der Waals surface area contributed by atoms with Crippen LogP contribution in [0, 0.1) is 0 Å². The molecule has 1 saturated heterocycles. The Kier molecular flexibility index (Phi) is 6.98. The minimum absolute atomic E-state index is 0.0510. The van der Waals surface area contributed by atoms with Gasteiger partial charge in [-0.25, -0.2) is 0 Å². The van der Waals surface area contributed by atoms with E-state index in [1.807, 2.05) is 59.5 Å². The predicted octanol–water partition coefficient (Wildman–Crippen LogP) is 5.14. The lowest BCUT2D eigenvalue weighted by Gasteiger charge is -2.36. The highest BCUT2D eigenvalue weighted by atomic mass is 35.5. The van der Waals surface area contributed by atoms with Gasteiger partial charge < -0.3 is 15.1 Å². The molecule has 1 fully saturated rings. The second-order valence-electron chi connectivity index (χ2n) is 7.66. The van der Waals surface area contributed by atoms with E-state index in [2.05, 4.69) is 10.2 Å². The largest absolute Gasteiger partial charge is 0.367 e. The molecule has 1 aliphatic rings. The highest BCUT2D eigenvalue weighted by Gasteiger charge is 2.23. The molecule has 164 valence electrons. The summed E-state index contributed by atoms with van der Waals surface area (Å²) in [6.07, 6.45) is 0.258. The number of rotatable bonds is 5. The van der Waals surface area contributed by atoms with Crippen LogP contribution in [0.15, 0.2) is 72.8 Å². The van der Waals surface area contributed by atoms with Crippen molar-refractivity contribution < 1.29 is 9.59 Å². The first kappa shape index (κ1) is 22.2. The molecule has 7 heteroatoms. The highest BCUT2D eigenvalue weighted by Crippen LogP contribution is 2.30. The molecule has 4 rings (SSSR count). The van der Waals surface area contributed by atoms with Gasteiger partial charge in [0.1, 0.15) is 0 Å². The minimum atomic E-state index is -0.121. The topological polar surface area (TPSA) is 52.7 Å². The van der Waals surface area contributed by atoms with Gasteiger partial charge in [0.05, 0.1) is 17.1 Å². The summed E-state index contributed by atoms with van der Waals surface area (Å²) >= 11 is 12.4. The van der Waals surface area contributed by atoms with Crippen LogP contribution in [-0.2, 0) is 11.2 Å². The van der Waals surface area contributed by atoms with Gasteiger partial charge in [0.15, 0.2) is 0 Å². The molecule has 0 aliphatic carbocycles. The molecule has 32 heavy (non-hydrogen) atoms. The standard InChI is InChI=1S/C25H23Cl2N3O2/c26-20-8-6-18(7-9-20)16-24(31)28-21-10-11-23(22(27)17-21)29-12-14-30(15-13-29)25(32)19-4-2-1-3-5-19/h1-11,17H,12-16H2,(H,28,31). The summed E-state index contributed by atoms with van der Waals surface area (Å²) in [4.78, 5) is 29.0. The van der Waals surface area contributed by atoms with Crippen LogP contribution in [0.3, 0.4) is 0 Å². The van der Waals surface area contributed by atoms with E-state index >= 15 is 0 Å². The number of hydrogen-bond acceptors (Lipinski definition) is 3. The van der Waals surface area contributed by atoms with Gasteiger partial charge in [-0.1, -0.05) is 53.5 Å². The average molecular weight is 468 g/mol. The number of amides is 2. The summed E-state index contributed by atoms with van der Waals surface area (Å²) < 4.78 is 0. The summed E-state index contributed by atoms with van der Waals surface area (Å²) in [7, 11) is 0. The van der Waals surface area contributed by atoms with E-state index in [1.54, 1.807) is 18.2 Å². The predicted molar refractivity (Wildman–Crippen MR) is 130 cm³/mol. The molecule has 0 bridgehead atoms. The fourth-order valence-electron chi connectivity index (χ4n) is 3.75. The van der Waals surface area contributed by atoms with Crippen LogP contribution in [0.25, 0.3) is 0 Å². The van der Waals surface area contributed by atoms with E-state index in [0.29, 0.717) is 47.5 Å². The first-order chi connectivity index (χ1) is 15.5. The fraction of sp³-hybridized carbons (Fsp3) is 0.200. The highest BCUT2D eigenvalue weighted by molar-refractivity contribution is 6.33. The second-order valence-corrected chi connectivity index (χ2v) is 8.51. The third kappa shape index (κ3) is 5.42. The Morgan fingerprint density at radius 2 is 1.53 bits per heavy atom. The number of hydrogen-bond donors (Lipinski definition) is 1. The Labute approximate surface area is 197 Å². The molecule has 5 nitrogen and oxygen atoms in total. The number of anilines is 2. The molecule has 3 aromatic rings. The summed E-state index contributed by atoms with van der Waals surface area (Å²) in [6, 6.07) is 22.1. The molecular formula is C25H23Cl2N3O2. The van der Waals surface area contributed by atoms with Gasteiger partial charge in [-0.05, 0) is 48.0 Å². The van der Waals surface area contributed by atoms with E-state index in [0.717, 1.165) is 11.3 Å². The van der Waals surface area contributed by atoms with Gasteiger partial charge in [-0.2, -0.15) is 0 Å². The SMILES string of the molecule is O=C(Cc1ccc(Cl)cc1)Nc1ccc(N2CCN(C(=O)c3ccccc3)CC2)c(Cl)c1. The van der Waals surface area contributed by atoms with Gasteiger partial charge in [-0.3, -0.25) is 9.59 Å². The third-order valence-corrected chi connectivity index (χ3v) is 5.99. The van der Waals surface area contributed by atoms with E-state index in [4.69, 9.17) is 23.2 Å². The Morgan fingerprint density at radius 1 is 0.844 bits per heavy atom. The van der Waals surface area contributed by atoms with Crippen molar-refractivity contribution in [1.82, 2.24) is 4.90 Å². The molecular weight excluding hydrogens is 445 g/mol. The number of nitrogens with zero attached hydrogens (tertiary/aromatic N) is 2. The maximum Gasteiger partial charge on any atom is 0.253 e. The molecule has 0 saturated carbocycles. The molecule has 0 radical (unpaired) electrons. The van der Waals surface area contributed by atoms with Gasteiger partial charge in [0.25, 0.3) is 5.91 Å². The maximum absolute atomic E-state index is 12.6. The number of carbonyl (C=O) groups is 2. The summed E-state index contributed by atoms with van der Waals surface area (Å²) in [6.45, 7) is 2.65. The van der Waals surface area contributed by atoms with Crippen molar-refractivity contribution >= 4 is 46.4 Å². The van der Waals surface area contributed by atoms with Crippen LogP contribution in [0.1, 0.15) is 15.9 Å². The first-order valence-corrected chi connectivity index (χ1v) is 11.2. The van der Waals surface area contributed by atoms with E-state index in [1.165, 1.54) is 0 Å². The van der Waals surface area contributed by atoms with Crippen molar-refractivity contribution in [2.24, 2.45) is 0 Å². The van der Waals surface area contributed by atoms with Gasteiger partial charge in [0.2, 0.25) is 5.91 Å². The minimum Gasteiger partial charge on any atom is -0.367 e. The number of nitrogens with one attached hydrogen (secondary N) is 1. The maximum atomic E-state index is 12.6. The quantitative estimate of drug-likeness (QED) is 0.565. The van der Waals surface area contributed by atoms with Crippen LogP contribution < -0.4 is 10.2 Å². The number of piperazine rings is 1. The van der Waals surface area contributed by atoms with Crippen LogP contribution in [0.5, 0.6) is 0 Å². The fourth-order valence-corrected chi connectivity index (χ4v) is 4.17. The lowest BCUT2D eigenvalue weighted by molar-refractivity contribution is -0.115. The number of halogens is 2. The molecule has 0 unspecified atom stereocenters. The first-order valence-electron chi connectivity index (χ1n) is 10.4. The average Bonchev–Trinajstić information content (AvgIpc) is 2.81. The van der Waals surface area contributed by atoms with Crippen molar-refractivity contribution in [3.63, 3.8) is 0 Å². The Hall–Kier alpha value is -3.02. The Bertz CT molecular complexity index is 1100. The summed E-state index contributed by atoms with van der Waals surface area (Å²) in [5.41, 5.74) is 3.14. The second kappa shape index (κ2) is 10.1. The molecule has 0 aromatic heterocycles. The Balaban J connectivity index is 1.34. The van der Waals surface area contributed by atoms with Gasteiger partial charge in [0, 0.05) is 42.5 Å². The van der Waals surface area contributed by atoms with Crippen molar-refractivity contribution in [3.8, 4) is 0 Å². The van der Waals surface area contributed by atoms with Crippen molar-refractivity contribution in [2.75, 3.05) is 36.4 Å². The third-order valence-electron chi connectivity index (χ3n) is 5.44. The van der Waals surface area contributed by atoms with Crippen molar-refractivity contribution in [3.05, 3.63) is 94.0 Å². The lowest BCUT2D eigenvalue weighted by Crippen LogP contribution is -2.48. The van der Waals surface area contributed by atoms with Crippen molar-refractivity contribution in [1.29, 1.82) is 0 Å². The molecule has 0 spiro atoms. The summed E-state index contributed by atoms with van der Waals surface area (Å²) in [5.74, 6) is -0.0701. The molecule has 1 heterocycles. The molecule has 1 N–H and O–H groups in total. The lowest BCUT2D eigenvalue weighted by atomic mass is 10.1. The van der Waals surface area contributed by atoms with Crippen LogP contribution >= 0.6 is 23.2 Å². The zero-order chi connectivity index (χ0) is 22.5. The molecule has 2 amide bonds. The number of benzene rings is 3. The zero-order valence-corrected chi connectivity index (χ0v) is 18.9. The van der Waals surface area contributed by atoms with Gasteiger partial charge in [-0.15, -0.1) is 0 Å². The van der Waals surface area contributed by atoms with Crippen LogP contribution in [0.2, 0.25) is 10.0 Å². The molecule has 1 aliphatic heterocycles. The van der Waals surface area contributed by atoms with Crippen LogP contribution in [-0.4, -0.2) is 42.9 Å².